The van der Waals surface area contributed by atoms with Crippen LogP contribution in [0.4, 0.5) is 5.69 Å². The largest absolute Gasteiger partial charge is 0.469 e. The van der Waals surface area contributed by atoms with Crippen LogP contribution in [0.2, 0.25) is 5.02 Å². The van der Waals surface area contributed by atoms with Crippen molar-refractivity contribution in [2.45, 2.75) is 25.8 Å². The summed E-state index contributed by atoms with van der Waals surface area (Å²) in [6.07, 6.45) is 1.45. The molecule has 1 heterocycles. The summed E-state index contributed by atoms with van der Waals surface area (Å²) in [5.41, 5.74) is 0.689. The number of benzene rings is 1. The van der Waals surface area contributed by atoms with Gasteiger partial charge in [0.1, 0.15) is 0 Å². The molecule has 120 valence electrons. The Bertz CT molecular complexity index is 542. The van der Waals surface area contributed by atoms with Gasteiger partial charge in [0.2, 0.25) is 5.91 Å². The van der Waals surface area contributed by atoms with Gasteiger partial charge >= 0.3 is 5.97 Å². The second-order valence-corrected chi connectivity index (χ2v) is 5.95. The standard InChI is InChI=1S/C16H21ClN2O3/c1-11(15(20)18-14-5-3-4-13(17)10-14)19-8-6-12(7-9-19)16(21)22-2/h3-5,10-12H,6-9H2,1-2H3,(H,18,20)/t11-/m1/s1. The second kappa shape index (κ2) is 7.61. The summed E-state index contributed by atoms with van der Waals surface area (Å²) in [4.78, 5) is 25.9. The van der Waals surface area contributed by atoms with Gasteiger partial charge in [-0.25, -0.2) is 0 Å². The number of esters is 1. The molecule has 0 saturated carbocycles. The number of nitrogens with zero attached hydrogens (tertiary/aromatic N) is 1. The van der Waals surface area contributed by atoms with Gasteiger partial charge in [0.25, 0.3) is 0 Å². The SMILES string of the molecule is COC(=O)C1CCN([C@H](C)C(=O)Nc2cccc(Cl)c2)CC1. The molecule has 1 amide bonds. The number of rotatable bonds is 4. The summed E-state index contributed by atoms with van der Waals surface area (Å²) in [6, 6.07) is 6.83. The van der Waals surface area contributed by atoms with E-state index < -0.39 is 0 Å². The quantitative estimate of drug-likeness (QED) is 0.865. The lowest BCUT2D eigenvalue weighted by atomic mass is 9.96. The Morgan fingerprint density at radius 1 is 1.36 bits per heavy atom. The number of anilines is 1. The summed E-state index contributed by atoms with van der Waals surface area (Å²) in [7, 11) is 1.41. The highest BCUT2D eigenvalue weighted by molar-refractivity contribution is 6.30. The Morgan fingerprint density at radius 2 is 2.05 bits per heavy atom. The molecular weight excluding hydrogens is 304 g/mol. The summed E-state index contributed by atoms with van der Waals surface area (Å²) in [5, 5.41) is 3.46. The average molecular weight is 325 g/mol. The van der Waals surface area contributed by atoms with Crippen molar-refractivity contribution in [3.8, 4) is 0 Å². The molecule has 0 aliphatic carbocycles. The number of hydrogen-bond donors (Lipinski definition) is 1. The number of carbonyl (C=O) groups is 2. The first-order chi connectivity index (χ1) is 10.5. The van der Waals surface area contributed by atoms with Gasteiger partial charge in [-0.2, -0.15) is 0 Å². The molecule has 0 unspecified atom stereocenters. The van der Waals surface area contributed by atoms with E-state index in [-0.39, 0.29) is 23.8 Å². The van der Waals surface area contributed by atoms with E-state index in [0.29, 0.717) is 23.8 Å². The Balaban J connectivity index is 1.88. The highest BCUT2D eigenvalue weighted by Gasteiger charge is 2.30. The summed E-state index contributed by atoms with van der Waals surface area (Å²) < 4.78 is 4.77. The Morgan fingerprint density at radius 3 is 2.64 bits per heavy atom. The number of ether oxygens (including phenoxy) is 1. The molecule has 1 aliphatic heterocycles. The van der Waals surface area contributed by atoms with Crippen LogP contribution in [-0.4, -0.2) is 43.0 Å². The molecule has 22 heavy (non-hydrogen) atoms. The van der Waals surface area contributed by atoms with Crippen molar-refractivity contribution in [1.29, 1.82) is 0 Å². The lowest BCUT2D eigenvalue weighted by Crippen LogP contribution is -2.47. The van der Waals surface area contributed by atoms with E-state index in [1.165, 1.54) is 7.11 Å². The van der Waals surface area contributed by atoms with Gasteiger partial charge in [0.05, 0.1) is 19.1 Å². The highest BCUT2D eigenvalue weighted by atomic mass is 35.5. The predicted octanol–water partition coefficient (Wildman–Crippen LogP) is 2.55. The first-order valence-electron chi connectivity index (χ1n) is 7.39. The summed E-state index contributed by atoms with van der Waals surface area (Å²) >= 11 is 5.91. The third-order valence-corrected chi connectivity index (χ3v) is 4.32. The predicted molar refractivity (Wildman–Crippen MR) is 85.9 cm³/mol. The molecule has 1 aliphatic rings. The number of hydrogen-bond acceptors (Lipinski definition) is 4. The van der Waals surface area contributed by atoms with Crippen molar-refractivity contribution < 1.29 is 14.3 Å². The van der Waals surface area contributed by atoms with E-state index in [9.17, 15) is 9.59 Å². The van der Waals surface area contributed by atoms with Crippen LogP contribution in [0.3, 0.4) is 0 Å². The van der Waals surface area contributed by atoms with Gasteiger partial charge < -0.3 is 10.1 Å². The van der Waals surface area contributed by atoms with Crippen LogP contribution in [0.25, 0.3) is 0 Å². The van der Waals surface area contributed by atoms with Crippen LogP contribution in [-0.2, 0) is 14.3 Å². The summed E-state index contributed by atoms with van der Waals surface area (Å²) in [6.45, 7) is 3.30. The van der Waals surface area contributed by atoms with Crippen LogP contribution < -0.4 is 5.32 Å². The van der Waals surface area contributed by atoms with E-state index in [2.05, 4.69) is 10.2 Å². The molecule has 1 aromatic carbocycles. The van der Waals surface area contributed by atoms with Crippen LogP contribution >= 0.6 is 11.6 Å². The number of carbonyl (C=O) groups excluding carboxylic acids is 2. The molecule has 0 aromatic heterocycles. The molecule has 6 heteroatoms. The third-order valence-electron chi connectivity index (χ3n) is 4.08. The smallest absolute Gasteiger partial charge is 0.308 e. The fraction of sp³-hybridized carbons (Fsp3) is 0.500. The molecule has 1 atom stereocenters. The molecule has 0 radical (unpaired) electrons. The minimum Gasteiger partial charge on any atom is -0.469 e. The topological polar surface area (TPSA) is 58.6 Å². The number of piperidine rings is 1. The zero-order valence-corrected chi connectivity index (χ0v) is 13.6. The monoisotopic (exact) mass is 324 g/mol. The van der Waals surface area contributed by atoms with Gasteiger partial charge in [-0.05, 0) is 51.1 Å². The third kappa shape index (κ3) is 4.21. The first kappa shape index (κ1) is 16.8. The Hall–Kier alpha value is -1.59. The fourth-order valence-corrected chi connectivity index (χ4v) is 2.86. The van der Waals surface area contributed by atoms with Crippen molar-refractivity contribution in [2.75, 3.05) is 25.5 Å². The van der Waals surface area contributed by atoms with Gasteiger partial charge in [0, 0.05) is 10.7 Å². The number of methoxy groups -OCH3 is 1. The van der Waals surface area contributed by atoms with Crippen LogP contribution in [0.15, 0.2) is 24.3 Å². The van der Waals surface area contributed by atoms with E-state index >= 15 is 0 Å². The van der Waals surface area contributed by atoms with Crippen molar-refractivity contribution in [1.82, 2.24) is 4.90 Å². The maximum absolute atomic E-state index is 12.3. The van der Waals surface area contributed by atoms with Crippen molar-refractivity contribution >= 4 is 29.2 Å². The zero-order chi connectivity index (χ0) is 16.1. The van der Waals surface area contributed by atoms with E-state index in [0.717, 1.165) is 12.8 Å². The number of amides is 1. The van der Waals surface area contributed by atoms with Crippen LogP contribution in [0, 0.1) is 5.92 Å². The Kier molecular flexibility index (Phi) is 5.80. The lowest BCUT2D eigenvalue weighted by molar-refractivity contribution is -0.147. The van der Waals surface area contributed by atoms with Gasteiger partial charge in [0.15, 0.2) is 0 Å². The maximum Gasteiger partial charge on any atom is 0.308 e. The zero-order valence-electron chi connectivity index (χ0n) is 12.8. The highest BCUT2D eigenvalue weighted by Crippen LogP contribution is 2.21. The first-order valence-corrected chi connectivity index (χ1v) is 7.77. The fourth-order valence-electron chi connectivity index (χ4n) is 2.67. The van der Waals surface area contributed by atoms with Crippen LogP contribution in [0.5, 0.6) is 0 Å². The maximum atomic E-state index is 12.3. The van der Waals surface area contributed by atoms with Gasteiger partial charge in [-0.1, -0.05) is 17.7 Å². The number of nitrogens with one attached hydrogen (secondary N) is 1. The molecule has 1 aromatic rings. The van der Waals surface area contributed by atoms with Crippen molar-refractivity contribution in [3.63, 3.8) is 0 Å². The molecular formula is C16H21ClN2O3. The molecule has 2 rings (SSSR count). The Labute approximate surface area is 135 Å². The number of likely N-dealkylation sites (tertiary alicyclic amines) is 1. The van der Waals surface area contributed by atoms with Gasteiger partial charge in [-0.3, -0.25) is 14.5 Å². The summed E-state index contributed by atoms with van der Waals surface area (Å²) in [5.74, 6) is -0.279. The molecule has 1 fully saturated rings. The normalized spacial score (nSPS) is 17.8. The lowest BCUT2D eigenvalue weighted by Gasteiger charge is -2.34. The van der Waals surface area contributed by atoms with E-state index in [4.69, 9.17) is 16.3 Å². The molecule has 5 nitrogen and oxygen atoms in total. The molecule has 0 bridgehead atoms. The molecule has 1 N–H and O–H groups in total. The van der Waals surface area contributed by atoms with Crippen molar-refractivity contribution in [2.24, 2.45) is 5.92 Å². The van der Waals surface area contributed by atoms with Gasteiger partial charge in [-0.15, -0.1) is 0 Å². The second-order valence-electron chi connectivity index (χ2n) is 5.51. The van der Waals surface area contributed by atoms with E-state index in [1.54, 1.807) is 24.3 Å². The minimum absolute atomic E-state index is 0.0514. The molecule has 0 spiro atoms. The number of halogens is 1. The van der Waals surface area contributed by atoms with Crippen LogP contribution in [0.1, 0.15) is 19.8 Å². The average Bonchev–Trinajstić information content (AvgIpc) is 2.53. The van der Waals surface area contributed by atoms with E-state index in [1.807, 2.05) is 6.92 Å². The van der Waals surface area contributed by atoms with Crippen molar-refractivity contribution in [3.05, 3.63) is 29.3 Å². The molecule has 1 saturated heterocycles. The minimum atomic E-state index is -0.252.